The Morgan fingerprint density at radius 2 is 1.60 bits per heavy atom. The van der Waals surface area contributed by atoms with Gasteiger partial charge in [0.05, 0.1) is 84.9 Å². The molecule has 0 radical (unpaired) electrons. The normalized spacial score (nSPS) is 26.2. The number of benzene rings is 1. The fourth-order valence-electron chi connectivity index (χ4n) is 10.8. The summed E-state index contributed by atoms with van der Waals surface area (Å²) in [5, 5.41) is 45.4. The van der Waals surface area contributed by atoms with E-state index in [4.69, 9.17) is 19.8 Å². The molecule has 2 bridgehead atoms. The van der Waals surface area contributed by atoms with Gasteiger partial charge >= 0.3 is 0 Å². The van der Waals surface area contributed by atoms with Crippen LogP contribution >= 0.6 is 0 Å². The number of rotatable bonds is 10. The van der Waals surface area contributed by atoms with Crippen molar-refractivity contribution in [2.75, 3.05) is 67.6 Å². The van der Waals surface area contributed by atoms with E-state index >= 15 is 4.39 Å². The van der Waals surface area contributed by atoms with Crippen LogP contribution in [0.25, 0.3) is 28.0 Å². The summed E-state index contributed by atoms with van der Waals surface area (Å²) in [7, 11) is 0. The molecule has 4 aliphatic heterocycles. The van der Waals surface area contributed by atoms with E-state index in [2.05, 4.69) is 57.3 Å². The molecule has 5 atom stereocenters. The summed E-state index contributed by atoms with van der Waals surface area (Å²) in [6.45, 7) is 6.49. The van der Waals surface area contributed by atoms with Crippen molar-refractivity contribution in [3.05, 3.63) is 103 Å². The number of nitriles is 1. The number of fused-ring (bicyclic) bond motifs is 3. The zero-order chi connectivity index (χ0) is 45.6. The van der Waals surface area contributed by atoms with Crippen molar-refractivity contribution in [3.8, 4) is 28.6 Å². The predicted molar refractivity (Wildman–Crippen MR) is 246 cm³/mol. The molecule has 1 aliphatic carbocycles. The number of halogens is 2. The van der Waals surface area contributed by atoms with Crippen molar-refractivity contribution >= 4 is 22.7 Å². The van der Waals surface area contributed by atoms with Gasteiger partial charge in [-0.05, 0) is 81.0 Å². The summed E-state index contributed by atoms with van der Waals surface area (Å²) < 4.78 is 38.7. The number of ether oxygens (including phenoxy) is 1. The Labute approximate surface area is 386 Å². The third-order valence-electron chi connectivity index (χ3n) is 14.4. The molecule has 1 saturated carbocycles. The largest absolute Gasteiger partial charge is 0.379 e. The van der Waals surface area contributed by atoms with Crippen molar-refractivity contribution in [2.45, 2.75) is 87.7 Å². The Hall–Kier alpha value is -6.14. The van der Waals surface area contributed by atoms with E-state index in [9.17, 15) is 19.9 Å². The van der Waals surface area contributed by atoms with Crippen molar-refractivity contribution in [2.24, 2.45) is 0 Å². The Morgan fingerprint density at radius 3 is 2.31 bits per heavy atom. The standard InChI is InChI=1S/C48H54F2N14O3/c49-33-2-3-35(52-22-33)24-62-38-25-61(26-39(62)29-67-28-38)44-11-1-30(19-53-44)46-47-31(18-51)20-55-64(47)27-42(57-46)32-21-54-63(23-32)37-7-5-36(6-8-37)59-13-15-60(16-14-59)43-10-4-34(17-40(43)50)56-41-9-12-45(65)58-48(41)66/h1-4,10-11,17,19-23,27,36-39,41,45,48,56,58,65-66H,5-9,12-16,24-26,28-29H2/t36?,37?,38-,39+,41-,45-,48-/m1/s1. The van der Waals surface area contributed by atoms with Crippen molar-refractivity contribution in [1.29, 1.82) is 5.26 Å². The lowest BCUT2D eigenvalue weighted by Gasteiger charge is -2.50. The van der Waals surface area contributed by atoms with Gasteiger partial charge in [-0.25, -0.2) is 23.3 Å². The van der Waals surface area contributed by atoms with Gasteiger partial charge in [0.1, 0.15) is 47.1 Å². The smallest absolute Gasteiger partial charge is 0.148 e. The van der Waals surface area contributed by atoms with Gasteiger partial charge in [0, 0.05) is 81.1 Å². The highest BCUT2D eigenvalue weighted by molar-refractivity contribution is 5.83. The first kappa shape index (κ1) is 43.4. The summed E-state index contributed by atoms with van der Waals surface area (Å²) in [6.07, 6.45) is 14.0. The second-order valence-electron chi connectivity index (χ2n) is 18.5. The van der Waals surface area contributed by atoms with Gasteiger partial charge < -0.3 is 30.1 Å². The number of hydrogen-bond donors (Lipinski definition) is 4. The highest BCUT2D eigenvalue weighted by Gasteiger charge is 2.39. The van der Waals surface area contributed by atoms with Crippen molar-refractivity contribution in [3.63, 3.8) is 0 Å². The van der Waals surface area contributed by atoms with Crippen molar-refractivity contribution in [1.82, 2.24) is 49.5 Å². The molecule has 5 aliphatic rings. The second-order valence-corrected chi connectivity index (χ2v) is 18.5. The number of morpholine rings is 1. The fraction of sp³-hybridized carbons (Fsp3) is 0.458. The molecular formula is C48H54F2N14O3. The number of pyridine rings is 2. The Bertz CT molecular complexity index is 2720. The number of hydrogen-bond acceptors (Lipinski definition) is 15. The summed E-state index contributed by atoms with van der Waals surface area (Å²) in [4.78, 5) is 23.7. The maximum absolute atomic E-state index is 15.4. The average molecular weight is 913 g/mol. The molecule has 17 nitrogen and oxygen atoms in total. The predicted octanol–water partition coefficient (Wildman–Crippen LogP) is 4.40. The third-order valence-corrected chi connectivity index (χ3v) is 14.4. The summed E-state index contributed by atoms with van der Waals surface area (Å²) in [5.41, 5.74) is 6.03. The number of piperazine rings is 2. The van der Waals surface area contributed by atoms with Gasteiger partial charge in [0.15, 0.2) is 0 Å². The van der Waals surface area contributed by atoms with E-state index in [1.165, 1.54) is 18.3 Å². The molecule has 1 aromatic carbocycles. The van der Waals surface area contributed by atoms with Gasteiger partial charge in [0.2, 0.25) is 0 Å². The Balaban J connectivity index is 0.719. The quantitative estimate of drug-likeness (QED) is 0.152. The van der Waals surface area contributed by atoms with Gasteiger partial charge in [-0.2, -0.15) is 15.5 Å². The molecule has 5 fully saturated rings. The third kappa shape index (κ3) is 8.92. The SMILES string of the molecule is N#Cc1cnn2cc(-c3cnn(C4CCC(N5CCN(c6ccc(N[C@@H]7CC[C@@H](O)N[C@@H]7O)cc6F)CC5)CC4)c3)nc(-c3ccc(N4C[C@H]5COC[C@@H](C4)N5Cc4ccc(F)cn4)nc3)c12. The van der Waals surface area contributed by atoms with Crippen LogP contribution < -0.4 is 20.4 Å². The molecule has 348 valence electrons. The van der Waals surface area contributed by atoms with Crippen LogP contribution in [-0.2, 0) is 11.3 Å². The molecule has 4 N–H and O–H groups in total. The first-order valence-electron chi connectivity index (χ1n) is 23.4. The van der Waals surface area contributed by atoms with Crippen LogP contribution in [0.3, 0.4) is 0 Å². The average Bonchev–Trinajstić information content (AvgIpc) is 4.02. The Morgan fingerprint density at radius 1 is 0.791 bits per heavy atom. The minimum atomic E-state index is -0.908. The highest BCUT2D eigenvalue weighted by atomic mass is 19.1. The van der Waals surface area contributed by atoms with Crippen molar-refractivity contribution < 1.29 is 23.7 Å². The lowest BCUT2D eigenvalue weighted by Crippen LogP contribution is -2.64. The zero-order valence-corrected chi connectivity index (χ0v) is 37.1. The van der Waals surface area contributed by atoms with Gasteiger partial charge in [-0.15, -0.1) is 0 Å². The zero-order valence-electron chi connectivity index (χ0n) is 37.1. The summed E-state index contributed by atoms with van der Waals surface area (Å²) in [5.74, 6) is 0.222. The van der Waals surface area contributed by atoms with Crippen LogP contribution in [0.15, 0.2) is 79.6 Å². The number of aromatic nitrogens is 7. The van der Waals surface area contributed by atoms with Crippen LogP contribution in [0.4, 0.5) is 26.0 Å². The molecule has 67 heavy (non-hydrogen) atoms. The van der Waals surface area contributed by atoms with E-state index in [-0.39, 0.29) is 35.8 Å². The van der Waals surface area contributed by atoms with Gasteiger partial charge in [-0.1, -0.05) is 0 Å². The van der Waals surface area contributed by atoms with Gasteiger partial charge in [-0.3, -0.25) is 24.8 Å². The number of nitrogens with one attached hydrogen (secondary N) is 2. The molecule has 11 rings (SSSR count). The van der Waals surface area contributed by atoms with E-state index in [1.807, 2.05) is 42.9 Å². The number of nitrogens with zero attached hydrogens (tertiary/aromatic N) is 12. The monoisotopic (exact) mass is 912 g/mol. The van der Waals surface area contributed by atoms with Crippen LogP contribution in [0.1, 0.15) is 55.8 Å². The molecule has 19 heteroatoms. The topological polar surface area (TPSA) is 184 Å². The van der Waals surface area contributed by atoms with E-state index in [0.29, 0.717) is 72.5 Å². The minimum Gasteiger partial charge on any atom is -0.379 e. The van der Waals surface area contributed by atoms with Crippen LogP contribution in [0, 0.1) is 23.0 Å². The number of aliphatic hydroxyl groups is 2. The molecule has 0 amide bonds. The molecular weight excluding hydrogens is 859 g/mol. The Kier molecular flexibility index (Phi) is 12.0. The van der Waals surface area contributed by atoms with Crippen LogP contribution in [0.2, 0.25) is 0 Å². The maximum atomic E-state index is 15.4. The summed E-state index contributed by atoms with van der Waals surface area (Å²) >= 11 is 0. The number of aliphatic hydroxyl groups excluding tert-OH is 2. The van der Waals surface area contributed by atoms with E-state index < -0.39 is 12.5 Å². The first-order valence-corrected chi connectivity index (χ1v) is 23.4. The highest BCUT2D eigenvalue weighted by Crippen LogP contribution is 2.35. The molecule has 9 heterocycles. The maximum Gasteiger partial charge on any atom is 0.148 e. The lowest BCUT2D eigenvalue weighted by atomic mass is 9.90. The number of anilines is 3. The summed E-state index contributed by atoms with van der Waals surface area (Å²) in [6, 6.07) is 15.4. The fourth-order valence-corrected chi connectivity index (χ4v) is 10.8. The molecule has 0 spiro atoms. The molecule has 5 aromatic heterocycles. The lowest BCUT2D eigenvalue weighted by molar-refractivity contribution is -0.0625. The van der Waals surface area contributed by atoms with Gasteiger partial charge in [0.25, 0.3) is 0 Å². The second kappa shape index (κ2) is 18.5. The minimum absolute atomic E-state index is 0.134. The molecule has 6 aromatic rings. The van der Waals surface area contributed by atoms with E-state index in [1.54, 1.807) is 16.8 Å². The van der Waals surface area contributed by atoms with Crippen LogP contribution in [0.5, 0.6) is 0 Å². The first-order chi connectivity index (χ1) is 32.7. The molecule has 4 saturated heterocycles. The van der Waals surface area contributed by atoms with Crippen LogP contribution in [-0.4, -0.2) is 143 Å². The molecule has 0 unspecified atom stereocenters. The number of piperidine rings is 1. The van der Waals surface area contributed by atoms with E-state index in [0.717, 1.165) is 87.6 Å².